The lowest BCUT2D eigenvalue weighted by atomic mass is 9.64. The highest BCUT2D eigenvalue weighted by molar-refractivity contribution is 5.85. The monoisotopic (exact) mass is 448 g/mol. The van der Waals surface area contributed by atoms with Crippen LogP contribution in [0.15, 0.2) is 23.8 Å². The van der Waals surface area contributed by atoms with Crippen LogP contribution in [0, 0.1) is 11.3 Å². The zero-order valence-corrected chi connectivity index (χ0v) is 19.2. The van der Waals surface area contributed by atoms with E-state index in [2.05, 4.69) is 20.4 Å². The summed E-state index contributed by atoms with van der Waals surface area (Å²) in [4.78, 5) is 35.8. The minimum atomic E-state index is -1.08. The van der Waals surface area contributed by atoms with Crippen LogP contribution in [0.3, 0.4) is 0 Å². The first-order chi connectivity index (χ1) is 15.0. The molecule has 0 amide bonds. The van der Waals surface area contributed by atoms with Gasteiger partial charge in [0.25, 0.3) is 0 Å². The fraction of sp³-hybridized carbons (Fsp3) is 0.708. The molecule has 1 saturated carbocycles. The summed E-state index contributed by atoms with van der Waals surface area (Å²) >= 11 is 0. The van der Waals surface area contributed by atoms with Crippen LogP contribution >= 0.6 is 0 Å². The van der Waals surface area contributed by atoms with Crippen LogP contribution in [-0.2, 0) is 38.1 Å². The second-order valence-electron chi connectivity index (χ2n) is 9.94. The van der Waals surface area contributed by atoms with E-state index in [0.717, 1.165) is 25.7 Å². The average molecular weight is 449 g/mol. The van der Waals surface area contributed by atoms with Crippen LogP contribution in [0.25, 0.3) is 0 Å². The molecule has 32 heavy (non-hydrogen) atoms. The van der Waals surface area contributed by atoms with Crippen LogP contribution in [0.4, 0.5) is 0 Å². The Labute approximate surface area is 188 Å². The Morgan fingerprint density at radius 1 is 1.22 bits per heavy atom. The summed E-state index contributed by atoms with van der Waals surface area (Å²) in [5.41, 5.74) is 0.958. The number of hydrogen-bond acceptors (Lipinski definition) is 8. The molecular formula is C24H32O8. The van der Waals surface area contributed by atoms with Gasteiger partial charge in [0.15, 0.2) is 5.60 Å². The molecule has 0 N–H and O–H groups in total. The maximum Gasteiger partial charge on any atom is 0.341 e. The van der Waals surface area contributed by atoms with Gasteiger partial charge in [0.05, 0.1) is 0 Å². The molecule has 3 fully saturated rings. The fourth-order valence-electron chi connectivity index (χ4n) is 5.47. The summed E-state index contributed by atoms with van der Waals surface area (Å²) in [6.07, 6.45) is 3.71. The number of hydrogen-bond donors (Lipinski definition) is 0. The third-order valence-electron chi connectivity index (χ3n) is 7.18. The molecule has 0 aromatic rings. The van der Waals surface area contributed by atoms with Gasteiger partial charge in [0.1, 0.15) is 12.2 Å². The molecule has 6 atom stereocenters. The Kier molecular flexibility index (Phi) is 5.96. The maximum atomic E-state index is 13.0. The third-order valence-corrected chi connectivity index (χ3v) is 7.18. The molecule has 8 nitrogen and oxygen atoms in total. The molecular weight excluding hydrogens is 416 g/mol. The van der Waals surface area contributed by atoms with Crippen LogP contribution in [-0.4, -0.2) is 48.3 Å². The van der Waals surface area contributed by atoms with E-state index in [1.54, 1.807) is 0 Å². The molecule has 1 aliphatic carbocycles. The van der Waals surface area contributed by atoms with Crippen molar-refractivity contribution in [1.29, 1.82) is 0 Å². The molecule has 3 heterocycles. The summed E-state index contributed by atoms with van der Waals surface area (Å²) < 4.78 is 27.4. The van der Waals surface area contributed by atoms with E-state index in [-0.39, 0.29) is 11.5 Å². The Bertz CT molecular complexity index is 858. The smallest absolute Gasteiger partial charge is 0.341 e. The molecule has 8 heteroatoms. The van der Waals surface area contributed by atoms with Gasteiger partial charge in [-0.05, 0) is 49.5 Å². The first kappa shape index (κ1) is 23.0. The van der Waals surface area contributed by atoms with E-state index in [1.165, 1.54) is 25.5 Å². The van der Waals surface area contributed by atoms with E-state index in [1.807, 2.05) is 0 Å². The molecule has 0 spiro atoms. The van der Waals surface area contributed by atoms with Gasteiger partial charge in [0.2, 0.25) is 12.6 Å². The van der Waals surface area contributed by atoms with Crippen molar-refractivity contribution in [1.82, 2.24) is 0 Å². The quantitative estimate of drug-likeness (QED) is 0.264. The standard InChI is InChI=1S/C24H32O8/c1-13-7-6-9-23(4,5)17(13)8-10-24-19(32-24)12-18(30-22(24)27)16-11-20(28-14(2)25)31-21(16)29-15(3)26/h11,17-21H,1,6-10,12H2,2-5H3/t17-,18+,19+,20-,21+,24+/m0/s1. The molecule has 176 valence electrons. The second kappa shape index (κ2) is 8.30. The second-order valence-corrected chi connectivity index (χ2v) is 9.94. The summed E-state index contributed by atoms with van der Waals surface area (Å²) in [7, 11) is 0. The van der Waals surface area contributed by atoms with Crippen LogP contribution in [0.5, 0.6) is 0 Å². The van der Waals surface area contributed by atoms with Crippen molar-refractivity contribution in [2.24, 2.45) is 11.3 Å². The number of rotatable bonds is 6. The minimum absolute atomic E-state index is 0.159. The van der Waals surface area contributed by atoms with Crippen molar-refractivity contribution in [3.05, 3.63) is 23.8 Å². The number of carbonyl (C=O) groups excluding carboxylic acids is 3. The van der Waals surface area contributed by atoms with Gasteiger partial charge in [-0.3, -0.25) is 14.3 Å². The predicted molar refractivity (Wildman–Crippen MR) is 112 cm³/mol. The van der Waals surface area contributed by atoms with E-state index in [4.69, 9.17) is 23.7 Å². The van der Waals surface area contributed by atoms with Gasteiger partial charge in [-0.2, -0.15) is 0 Å². The highest BCUT2D eigenvalue weighted by Crippen LogP contribution is 2.53. The van der Waals surface area contributed by atoms with Crippen molar-refractivity contribution >= 4 is 17.9 Å². The van der Waals surface area contributed by atoms with Crippen LogP contribution in [0.2, 0.25) is 0 Å². The number of carbonyl (C=O) groups is 3. The largest absolute Gasteiger partial charge is 0.455 e. The lowest BCUT2D eigenvalue weighted by Crippen LogP contribution is -2.42. The Morgan fingerprint density at radius 3 is 2.56 bits per heavy atom. The maximum absolute atomic E-state index is 13.0. The minimum Gasteiger partial charge on any atom is -0.455 e. The molecule has 3 aliphatic heterocycles. The molecule has 0 bridgehead atoms. The molecule has 0 unspecified atom stereocenters. The lowest BCUT2D eigenvalue weighted by Gasteiger charge is -2.41. The lowest BCUT2D eigenvalue weighted by molar-refractivity contribution is -0.204. The van der Waals surface area contributed by atoms with E-state index >= 15 is 0 Å². The van der Waals surface area contributed by atoms with E-state index in [9.17, 15) is 14.4 Å². The molecule has 4 aliphatic rings. The first-order valence-electron chi connectivity index (χ1n) is 11.3. The molecule has 0 aromatic carbocycles. The number of ether oxygens (including phenoxy) is 5. The normalized spacial score (nSPS) is 37.8. The van der Waals surface area contributed by atoms with Gasteiger partial charge < -0.3 is 18.9 Å². The third kappa shape index (κ3) is 4.35. The highest BCUT2D eigenvalue weighted by atomic mass is 16.8. The number of cyclic esters (lactones) is 1. The molecule has 0 aromatic heterocycles. The number of allylic oxidation sites excluding steroid dienone is 1. The summed E-state index contributed by atoms with van der Waals surface area (Å²) in [6.45, 7) is 11.3. The zero-order chi connectivity index (χ0) is 23.3. The van der Waals surface area contributed by atoms with Crippen molar-refractivity contribution in [2.45, 2.75) is 96.6 Å². The Balaban J connectivity index is 1.42. The van der Waals surface area contributed by atoms with Gasteiger partial charge in [0, 0.05) is 25.8 Å². The van der Waals surface area contributed by atoms with Crippen molar-refractivity contribution in [3.63, 3.8) is 0 Å². The summed E-state index contributed by atoms with van der Waals surface area (Å²) in [6, 6.07) is 0. The van der Waals surface area contributed by atoms with Gasteiger partial charge >= 0.3 is 17.9 Å². The van der Waals surface area contributed by atoms with Crippen molar-refractivity contribution in [2.75, 3.05) is 0 Å². The van der Waals surface area contributed by atoms with Crippen molar-refractivity contribution in [3.8, 4) is 0 Å². The number of fused-ring (bicyclic) bond motifs is 1. The van der Waals surface area contributed by atoms with Crippen LogP contribution in [0.1, 0.15) is 66.2 Å². The predicted octanol–water partition coefficient (Wildman–Crippen LogP) is 3.34. The SMILES string of the molecule is C=C1CCCC(C)(C)[C@H]1CC[C@@]12O[C@@H]1C[C@H](C1=C[C@@H](OC(C)=O)O[C@H]1OC(C)=O)OC2=O. The highest BCUT2D eigenvalue weighted by Gasteiger charge is 2.67. The van der Waals surface area contributed by atoms with Gasteiger partial charge in [-0.15, -0.1) is 0 Å². The van der Waals surface area contributed by atoms with Gasteiger partial charge in [-0.1, -0.05) is 26.0 Å². The number of epoxide rings is 1. The Hall–Kier alpha value is -2.19. The molecule has 0 radical (unpaired) electrons. The summed E-state index contributed by atoms with van der Waals surface area (Å²) in [5.74, 6) is -1.15. The topological polar surface area (TPSA) is 101 Å². The molecule has 2 saturated heterocycles. The van der Waals surface area contributed by atoms with Crippen LogP contribution < -0.4 is 0 Å². The average Bonchev–Trinajstić information content (AvgIpc) is 3.26. The summed E-state index contributed by atoms with van der Waals surface area (Å²) in [5, 5.41) is 0. The van der Waals surface area contributed by atoms with Crippen molar-refractivity contribution < 1.29 is 38.1 Å². The Morgan fingerprint density at radius 2 is 1.94 bits per heavy atom. The van der Waals surface area contributed by atoms with E-state index < -0.39 is 42.2 Å². The van der Waals surface area contributed by atoms with Gasteiger partial charge in [-0.25, -0.2) is 4.79 Å². The zero-order valence-electron chi connectivity index (χ0n) is 19.2. The molecule has 4 rings (SSSR count). The number of esters is 3. The first-order valence-corrected chi connectivity index (χ1v) is 11.3. The fourth-order valence-corrected chi connectivity index (χ4v) is 5.47. The van der Waals surface area contributed by atoms with E-state index in [0.29, 0.717) is 24.3 Å².